The lowest BCUT2D eigenvalue weighted by atomic mass is 10.2. The lowest BCUT2D eigenvalue weighted by molar-refractivity contribution is -0.180. The van der Waals surface area contributed by atoms with E-state index in [1.807, 2.05) is 0 Å². The van der Waals surface area contributed by atoms with Gasteiger partial charge in [0.2, 0.25) is 0 Å². The molecule has 9 heteroatoms. The first-order valence-electron chi connectivity index (χ1n) is 6.10. The second-order valence-electron chi connectivity index (χ2n) is 5.21. The Morgan fingerprint density at radius 1 is 1.30 bits per heavy atom. The van der Waals surface area contributed by atoms with Gasteiger partial charge < -0.3 is 14.2 Å². The molecule has 2 aliphatic rings. The van der Waals surface area contributed by atoms with Crippen molar-refractivity contribution in [3.8, 4) is 0 Å². The minimum atomic E-state index is -3.56. The highest BCUT2D eigenvalue weighted by Gasteiger charge is 2.55. The summed E-state index contributed by atoms with van der Waals surface area (Å²) < 4.78 is 43.9. The van der Waals surface area contributed by atoms with Crippen LogP contribution in [0, 0.1) is 0 Å². The van der Waals surface area contributed by atoms with E-state index in [4.69, 9.17) is 18.4 Å². The van der Waals surface area contributed by atoms with Crippen LogP contribution in [0.25, 0.3) is 0 Å². The van der Waals surface area contributed by atoms with E-state index in [0.29, 0.717) is 0 Å². The third-order valence-corrected chi connectivity index (χ3v) is 4.34. The summed E-state index contributed by atoms with van der Waals surface area (Å²) in [5.41, 5.74) is -0.521. The van der Waals surface area contributed by atoms with E-state index in [2.05, 4.69) is 0 Å². The summed E-state index contributed by atoms with van der Waals surface area (Å²) in [5.74, 6) is -0.794. The van der Waals surface area contributed by atoms with E-state index in [-0.39, 0.29) is 11.7 Å². The van der Waals surface area contributed by atoms with E-state index in [0.717, 1.165) is 18.0 Å². The predicted molar refractivity (Wildman–Crippen MR) is 71.6 cm³/mol. The first kappa shape index (κ1) is 16.2. The van der Waals surface area contributed by atoms with Gasteiger partial charge in [0.25, 0.3) is 10.1 Å². The van der Waals surface area contributed by atoms with Crippen LogP contribution < -0.4 is 0 Å². The molecule has 0 aliphatic carbocycles. The zero-order valence-electron chi connectivity index (χ0n) is 11.7. The fourth-order valence-corrected chi connectivity index (χ4v) is 3.48. The van der Waals surface area contributed by atoms with Crippen molar-refractivity contribution >= 4 is 27.0 Å². The molecule has 0 radical (unpaired) electrons. The number of thioether (sulfide) groups is 1. The molecule has 2 rings (SSSR count). The average Bonchev–Trinajstić information content (AvgIpc) is 2.69. The molecule has 20 heavy (non-hydrogen) atoms. The minimum absolute atomic E-state index is 0.105. The smallest absolute Gasteiger partial charge is 0.264 e. The molecule has 0 amide bonds. The molecule has 0 aromatic rings. The maximum absolute atomic E-state index is 11.2. The molecule has 116 valence electrons. The molecule has 0 N–H and O–H groups in total. The fraction of sp³-hybridized carbons (Fsp3) is 0.909. The van der Waals surface area contributed by atoms with Crippen molar-refractivity contribution in [3.05, 3.63) is 0 Å². The number of rotatable bonds is 4. The van der Waals surface area contributed by atoms with Gasteiger partial charge in [-0.2, -0.15) is 8.42 Å². The highest BCUT2D eigenvalue weighted by Crippen LogP contribution is 2.42. The number of hydrogen-bond acceptors (Lipinski definition) is 8. The van der Waals surface area contributed by atoms with Crippen molar-refractivity contribution in [2.24, 2.45) is 0 Å². The van der Waals surface area contributed by atoms with Crippen LogP contribution in [0.5, 0.6) is 0 Å². The van der Waals surface area contributed by atoms with Crippen LogP contribution in [0.15, 0.2) is 0 Å². The Labute approximate surface area is 122 Å². The second kappa shape index (κ2) is 5.54. The van der Waals surface area contributed by atoms with Crippen LogP contribution in [-0.2, 0) is 33.3 Å². The quantitative estimate of drug-likeness (QED) is 0.690. The Kier molecular flexibility index (Phi) is 4.49. The molecule has 0 aromatic carbocycles. The van der Waals surface area contributed by atoms with Crippen LogP contribution >= 0.6 is 11.8 Å². The molecular formula is C11H18O7S2. The normalized spacial score (nSPS) is 36.0. The van der Waals surface area contributed by atoms with E-state index in [1.165, 1.54) is 6.92 Å². The maximum atomic E-state index is 11.2. The van der Waals surface area contributed by atoms with Crippen molar-refractivity contribution in [2.45, 2.75) is 50.3 Å². The number of carbonyl (C=O) groups excluding carboxylic acids is 1. The van der Waals surface area contributed by atoms with Gasteiger partial charge in [0.1, 0.15) is 23.7 Å². The third kappa shape index (κ3) is 3.92. The number of fused-ring (bicyclic) bond motifs is 1. The van der Waals surface area contributed by atoms with E-state index in [1.54, 1.807) is 13.8 Å². The van der Waals surface area contributed by atoms with Gasteiger partial charge in [0, 0.05) is 6.92 Å². The van der Waals surface area contributed by atoms with Gasteiger partial charge >= 0.3 is 0 Å². The molecule has 2 fully saturated rings. The van der Waals surface area contributed by atoms with Gasteiger partial charge in [-0.05, 0) is 13.8 Å². The molecule has 0 spiro atoms. The topological polar surface area (TPSA) is 88.1 Å². The Morgan fingerprint density at radius 2 is 1.90 bits per heavy atom. The molecule has 0 aromatic heterocycles. The number of hydrogen-bond donors (Lipinski definition) is 0. The Morgan fingerprint density at radius 3 is 2.45 bits per heavy atom. The highest BCUT2D eigenvalue weighted by molar-refractivity contribution is 8.14. The van der Waals surface area contributed by atoms with Crippen molar-refractivity contribution in [1.29, 1.82) is 0 Å². The molecule has 2 saturated heterocycles. The van der Waals surface area contributed by atoms with Gasteiger partial charge in [-0.25, -0.2) is 0 Å². The zero-order chi connectivity index (χ0) is 15.1. The third-order valence-electron chi connectivity index (χ3n) is 2.84. The molecule has 0 unspecified atom stereocenters. The van der Waals surface area contributed by atoms with Crippen molar-refractivity contribution in [2.75, 3.05) is 12.9 Å². The first-order valence-corrected chi connectivity index (χ1v) is 8.80. The van der Waals surface area contributed by atoms with Gasteiger partial charge in [-0.1, -0.05) is 11.8 Å². The van der Waals surface area contributed by atoms with E-state index < -0.39 is 39.7 Å². The predicted octanol–water partition coefficient (Wildman–Crippen LogP) is 0.487. The van der Waals surface area contributed by atoms with E-state index in [9.17, 15) is 13.2 Å². The van der Waals surface area contributed by atoms with E-state index >= 15 is 0 Å². The lowest BCUT2D eigenvalue weighted by Crippen LogP contribution is -2.33. The van der Waals surface area contributed by atoms with Crippen LogP contribution in [0.2, 0.25) is 0 Å². The molecule has 7 nitrogen and oxygen atoms in total. The summed E-state index contributed by atoms with van der Waals surface area (Å²) in [6.45, 7) is 4.79. The largest absolute Gasteiger partial charge is 0.356 e. The number of carbonyl (C=O) groups is 1. The highest BCUT2D eigenvalue weighted by atomic mass is 32.2. The van der Waals surface area contributed by atoms with Crippen LogP contribution in [-0.4, -0.2) is 55.9 Å². The monoisotopic (exact) mass is 326 g/mol. The molecule has 0 saturated carbocycles. The standard InChI is InChI=1S/C11H18O7S2/c1-6(12)19-10-9-8(17-11(2,3)18-9)7(16-10)5-15-20(4,13)14/h7-10H,5H2,1-4H3/t7-,8-,9-,10-/m1/s1. The van der Waals surface area contributed by atoms with Crippen molar-refractivity contribution in [3.63, 3.8) is 0 Å². The van der Waals surface area contributed by atoms with Gasteiger partial charge in [-0.15, -0.1) is 0 Å². The molecule has 4 atom stereocenters. The summed E-state index contributed by atoms with van der Waals surface area (Å²) >= 11 is 1.01. The summed E-state index contributed by atoms with van der Waals surface area (Å²) in [5, 5.41) is -0.105. The zero-order valence-corrected chi connectivity index (χ0v) is 13.3. The SMILES string of the molecule is CC(=O)S[C@H]1O[C@H](COS(C)(=O)=O)[C@H]2OC(C)(C)O[C@H]21. The van der Waals surface area contributed by atoms with Crippen LogP contribution in [0.3, 0.4) is 0 Å². The Bertz CT molecular complexity index is 487. The lowest BCUT2D eigenvalue weighted by Gasteiger charge is -2.23. The summed E-state index contributed by atoms with van der Waals surface area (Å²) in [4.78, 5) is 11.2. The minimum Gasteiger partial charge on any atom is -0.356 e. The van der Waals surface area contributed by atoms with Gasteiger partial charge in [0.15, 0.2) is 10.9 Å². The fourth-order valence-electron chi connectivity index (χ4n) is 2.23. The summed E-state index contributed by atoms with van der Waals surface area (Å²) in [7, 11) is -3.56. The summed E-state index contributed by atoms with van der Waals surface area (Å²) in [6, 6.07) is 0. The Hall–Kier alpha value is -0.190. The van der Waals surface area contributed by atoms with Crippen molar-refractivity contribution in [1.82, 2.24) is 0 Å². The Balaban J connectivity index is 2.08. The molecule has 2 aliphatic heterocycles. The van der Waals surface area contributed by atoms with Gasteiger partial charge in [0.05, 0.1) is 12.9 Å². The van der Waals surface area contributed by atoms with Gasteiger partial charge in [-0.3, -0.25) is 8.98 Å². The average molecular weight is 326 g/mol. The summed E-state index contributed by atoms with van der Waals surface area (Å²) in [6.07, 6.45) is -0.499. The van der Waals surface area contributed by atoms with Crippen LogP contribution in [0.4, 0.5) is 0 Å². The molecule has 0 bridgehead atoms. The first-order chi connectivity index (χ1) is 9.07. The molecule has 2 heterocycles. The maximum Gasteiger partial charge on any atom is 0.264 e. The number of ether oxygens (including phenoxy) is 3. The van der Waals surface area contributed by atoms with Crippen LogP contribution in [0.1, 0.15) is 20.8 Å². The second-order valence-corrected chi connectivity index (χ2v) is 8.12. The molecular weight excluding hydrogens is 308 g/mol. The van der Waals surface area contributed by atoms with Crippen molar-refractivity contribution < 1.29 is 31.6 Å².